The summed E-state index contributed by atoms with van der Waals surface area (Å²) in [5.41, 5.74) is 0.676. The standard InChI is InChI=1S/C21H27N5O5S/c27-19(22-15-3-4-17-18(12-15)31-11-10-30-17)14-32-21-24-23-20(25-5-8-28-9-6-25)26(21)13-16-2-1-7-29-16/h3-4,12,16H,1-2,5-11,13-14H2,(H,22,27). The van der Waals surface area contributed by atoms with Gasteiger partial charge in [-0.1, -0.05) is 11.8 Å². The molecule has 0 spiro atoms. The zero-order chi connectivity index (χ0) is 21.8. The second-order valence-electron chi connectivity index (χ2n) is 7.82. The number of hydrogen-bond donors (Lipinski definition) is 1. The van der Waals surface area contributed by atoms with E-state index in [1.807, 2.05) is 12.1 Å². The van der Waals surface area contributed by atoms with Gasteiger partial charge < -0.3 is 29.2 Å². The summed E-state index contributed by atoms with van der Waals surface area (Å²) in [6.45, 7) is 5.42. The van der Waals surface area contributed by atoms with Crippen molar-refractivity contribution in [1.29, 1.82) is 0 Å². The van der Waals surface area contributed by atoms with Gasteiger partial charge in [0.25, 0.3) is 0 Å². The highest BCUT2D eigenvalue weighted by molar-refractivity contribution is 7.99. The molecule has 2 fully saturated rings. The fourth-order valence-corrected chi connectivity index (χ4v) is 4.73. The van der Waals surface area contributed by atoms with E-state index < -0.39 is 0 Å². The second kappa shape index (κ2) is 9.97. The summed E-state index contributed by atoms with van der Waals surface area (Å²) >= 11 is 1.38. The largest absolute Gasteiger partial charge is 0.486 e. The summed E-state index contributed by atoms with van der Waals surface area (Å²) < 4.78 is 24.5. The molecule has 3 aliphatic rings. The number of anilines is 2. The number of rotatable bonds is 7. The van der Waals surface area contributed by atoms with Gasteiger partial charge in [0, 0.05) is 31.5 Å². The molecule has 1 aromatic heterocycles. The predicted molar refractivity (Wildman–Crippen MR) is 119 cm³/mol. The number of hydrogen-bond acceptors (Lipinski definition) is 9. The zero-order valence-corrected chi connectivity index (χ0v) is 18.6. The van der Waals surface area contributed by atoms with Crippen LogP contribution in [0.3, 0.4) is 0 Å². The summed E-state index contributed by atoms with van der Waals surface area (Å²) in [4.78, 5) is 14.8. The Bertz CT molecular complexity index is 943. The predicted octanol–water partition coefficient (Wildman–Crippen LogP) is 1.80. The van der Waals surface area contributed by atoms with Crippen molar-refractivity contribution in [2.45, 2.75) is 30.6 Å². The lowest BCUT2D eigenvalue weighted by molar-refractivity contribution is -0.113. The molecule has 1 atom stereocenters. The van der Waals surface area contributed by atoms with Crippen LogP contribution < -0.4 is 19.7 Å². The van der Waals surface area contributed by atoms with Gasteiger partial charge in [-0.3, -0.25) is 9.36 Å². The second-order valence-corrected chi connectivity index (χ2v) is 8.77. The van der Waals surface area contributed by atoms with Crippen LogP contribution in [-0.2, 0) is 20.8 Å². The van der Waals surface area contributed by atoms with Crippen LogP contribution in [0.25, 0.3) is 0 Å². The van der Waals surface area contributed by atoms with Gasteiger partial charge in [0.2, 0.25) is 11.9 Å². The minimum atomic E-state index is -0.119. The number of ether oxygens (including phenoxy) is 4. The van der Waals surface area contributed by atoms with Crippen LogP contribution in [0, 0.1) is 0 Å². The van der Waals surface area contributed by atoms with Gasteiger partial charge in [-0.15, -0.1) is 10.2 Å². The third kappa shape index (κ3) is 4.94. The molecule has 2 saturated heterocycles. The number of carbonyl (C=O) groups is 1. The number of nitrogens with zero attached hydrogens (tertiary/aromatic N) is 4. The van der Waals surface area contributed by atoms with E-state index in [0.717, 1.165) is 43.6 Å². The summed E-state index contributed by atoms with van der Waals surface area (Å²) in [7, 11) is 0. The van der Waals surface area contributed by atoms with Crippen molar-refractivity contribution in [3.8, 4) is 11.5 Å². The Morgan fingerprint density at radius 1 is 1.09 bits per heavy atom. The summed E-state index contributed by atoms with van der Waals surface area (Å²) in [5.74, 6) is 2.26. The smallest absolute Gasteiger partial charge is 0.234 e. The van der Waals surface area contributed by atoms with Gasteiger partial charge >= 0.3 is 0 Å². The molecule has 0 radical (unpaired) electrons. The summed E-state index contributed by atoms with van der Waals surface area (Å²) in [6, 6.07) is 5.41. The Morgan fingerprint density at radius 3 is 2.75 bits per heavy atom. The minimum Gasteiger partial charge on any atom is -0.486 e. The maximum atomic E-state index is 12.6. The number of carbonyl (C=O) groups excluding carboxylic acids is 1. The van der Waals surface area contributed by atoms with Crippen LogP contribution in [0.2, 0.25) is 0 Å². The molecule has 1 aromatic carbocycles. The first-order valence-electron chi connectivity index (χ1n) is 11.0. The third-order valence-corrected chi connectivity index (χ3v) is 6.53. The Labute approximate surface area is 190 Å². The average Bonchev–Trinajstić information content (AvgIpc) is 3.49. The maximum absolute atomic E-state index is 12.6. The molecular weight excluding hydrogens is 434 g/mol. The van der Waals surface area contributed by atoms with Crippen LogP contribution >= 0.6 is 11.8 Å². The van der Waals surface area contributed by atoms with E-state index in [4.69, 9.17) is 18.9 Å². The monoisotopic (exact) mass is 461 g/mol. The fraction of sp³-hybridized carbons (Fsp3) is 0.571. The number of amides is 1. The molecule has 1 unspecified atom stereocenters. The van der Waals surface area contributed by atoms with Gasteiger partial charge in [0.05, 0.1) is 31.6 Å². The SMILES string of the molecule is O=C(CSc1nnc(N2CCOCC2)n1CC1CCCO1)Nc1ccc2c(c1)OCCO2. The van der Waals surface area contributed by atoms with Crippen LogP contribution in [0.4, 0.5) is 11.6 Å². The van der Waals surface area contributed by atoms with Crippen LogP contribution in [0.5, 0.6) is 11.5 Å². The minimum absolute atomic E-state index is 0.119. The van der Waals surface area contributed by atoms with Gasteiger partial charge in [0.15, 0.2) is 16.7 Å². The number of aromatic nitrogens is 3. The Balaban J connectivity index is 1.24. The third-order valence-electron chi connectivity index (χ3n) is 5.56. The van der Waals surface area contributed by atoms with E-state index in [9.17, 15) is 4.79 Å². The van der Waals surface area contributed by atoms with E-state index in [1.54, 1.807) is 6.07 Å². The molecule has 172 valence electrons. The number of fused-ring (bicyclic) bond motifs is 1. The van der Waals surface area contributed by atoms with Gasteiger partial charge in [-0.05, 0) is 25.0 Å². The molecule has 2 aromatic rings. The Kier molecular flexibility index (Phi) is 6.65. The van der Waals surface area contributed by atoms with Crippen molar-refractivity contribution < 1.29 is 23.7 Å². The number of benzene rings is 1. The molecule has 1 N–H and O–H groups in total. The Hall–Kier alpha value is -2.50. The highest BCUT2D eigenvalue weighted by Crippen LogP contribution is 2.33. The van der Waals surface area contributed by atoms with Gasteiger partial charge in [-0.25, -0.2) is 0 Å². The van der Waals surface area contributed by atoms with Crippen molar-refractivity contribution in [2.75, 3.05) is 62.1 Å². The topological polar surface area (TPSA) is 100.0 Å². The van der Waals surface area contributed by atoms with Crippen LogP contribution in [-0.4, -0.2) is 78.7 Å². The molecular formula is C21H27N5O5S. The Morgan fingerprint density at radius 2 is 1.94 bits per heavy atom. The first-order valence-corrected chi connectivity index (χ1v) is 11.9. The van der Waals surface area contributed by atoms with Crippen molar-refractivity contribution in [3.63, 3.8) is 0 Å². The average molecular weight is 462 g/mol. The lowest BCUT2D eigenvalue weighted by Crippen LogP contribution is -2.38. The van der Waals surface area contributed by atoms with E-state index in [2.05, 4.69) is 25.0 Å². The van der Waals surface area contributed by atoms with Crippen molar-refractivity contribution in [2.24, 2.45) is 0 Å². The lowest BCUT2D eigenvalue weighted by atomic mass is 10.2. The highest BCUT2D eigenvalue weighted by atomic mass is 32.2. The highest BCUT2D eigenvalue weighted by Gasteiger charge is 2.25. The van der Waals surface area contributed by atoms with E-state index in [1.165, 1.54) is 11.8 Å². The molecule has 3 aliphatic heterocycles. The maximum Gasteiger partial charge on any atom is 0.234 e. The van der Waals surface area contributed by atoms with E-state index in [0.29, 0.717) is 50.2 Å². The molecule has 0 saturated carbocycles. The molecule has 0 aliphatic carbocycles. The number of thioether (sulfide) groups is 1. The van der Waals surface area contributed by atoms with E-state index in [-0.39, 0.29) is 17.8 Å². The number of morpholine rings is 1. The molecule has 5 rings (SSSR count). The van der Waals surface area contributed by atoms with Gasteiger partial charge in [-0.2, -0.15) is 0 Å². The molecule has 4 heterocycles. The van der Waals surface area contributed by atoms with Crippen molar-refractivity contribution in [3.05, 3.63) is 18.2 Å². The van der Waals surface area contributed by atoms with Crippen molar-refractivity contribution in [1.82, 2.24) is 14.8 Å². The first-order chi connectivity index (χ1) is 15.8. The van der Waals surface area contributed by atoms with Crippen LogP contribution in [0.15, 0.2) is 23.4 Å². The molecule has 32 heavy (non-hydrogen) atoms. The normalized spacial score (nSPS) is 20.4. The van der Waals surface area contributed by atoms with Gasteiger partial charge in [0.1, 0.15) is 13.2 Å². The molecule has 1 amide bonds. The zero-order valence-electron chi connectivity index (χ0n) is 17.8. The number of nitrogens with one attached hydrogen (secondary N) is 1. The fourth-order valence-electron chi connectivity index (χ4n) is 3.99. The molecule has 11 heteroatoms. The summed E-state index contributed by atoms with van der Waals surface area (Å²) in [6.07, 6.45) is 2.24. The quantitative estimate of drug-likeness (QED) is 0.619. The summed E-state index contributed by atoms with van der Waals surface area (Å²) in [5, 5.41) is 12.5. The first kappa shape index (κ1) is 21.4. The van der Waals surface area contributed by atoms with Crippen molar-refractivity contribution >= 4 is 29.3 Å². The molecule has 0 bridgehead atoms. The van der Waals surface area contributed by atoms with Crippen LogP contribution in [0.1, 0.15) is 12.8 Å². The lowest BCUT2D eigenvalue weighted by Gasteiger charge is -2.28. The molecule has 10 nitrogen and oxygen atoms in total. The van der Waals surface area contributed by atoms with E-state index >= 15 is 0 Å².